The first-order chi connectivity index (χ1) is 6.38. The van der Waals surface area contributed by atoms with Gasteiger partial charge >= 0.3 is 0 Å². The molecule has 0 aromatic rings. The number of carbonyl (C=O) groups is 1. The summed E-state index contributed by atoms with van der Waals surface area (Å²) in [6, 6.07) is 0. The lowest BCUT2D eigenvalue weighted by Crippen LogP contribution is -2.60. The van der Waals surface area contributed by atoms with Gasteiger partial charge in [-0.05, 0) is 26.7 Å². The summed E-state index contributed by atoms with van der Waals surface area (Å²) in [5.41, 5.74) is -0.972. The monoisotopic (exact) mass is 198 g/mol. The molecule has 2 atom stereocenters. The van der Waals surface area contributed by atoms with Crippen molar-refractivity contribution < 1.29 is 10.0 Å². The summed E-state index contributed by atoms with van der Waals surface area (Å²) in [6.07, 6.45) is 2.28. The molecule has 0 spiro atoms. The number of carbonyl (C=O) groups excluding carboxylic acids is 1. The number of rotatable bonds is 2. The SMILES string of the molecule is CCC1(C)CC(=O)CC(C)(CC)N1[O]. The van der Waals surface area contributed by atoms with Crippen molar-refractivity contribution >= 4 is 5.78 Å². The lowest BCUT2D eigenvalue weighted by atomic mass is 9.77. The van der Waals surface area contributed by atoms with Crippen LogP contribution >= 0.6 is 0 Å². The van der Waals surface area contributed by atoms with Crippen molar-refractivity contribution in [1.82, 2.24) is 5.06 Å². The lowest BCUT2D eigenvalue weighted by Gasteiger charge is -2.48. The van der Waals surface area contributed by atoms with Gasteiger partial charge in [0.1, 0.15) is 5.78 Å². The molecule has 0 bridgehead atoms. The molecule has 81 valence electrons. The number of nitrogens with zero attached hydrogens (tertiary/aromatic N) is 1. The van der Waals surface area contributed by atoms with Gasteiger partial charge in [0.05, 0.1) is 11.1 Å². The highest BCUT2D eigenvalue weighted by Gasteiger charge is 2.48. The van der Waals surface area contributed by atoms with E-state index in [-0.39, 0.29) is 5.78 Å². The Kier molecular flexibility index (Phi) is 3.02. The fourth-order valence-corrected chi connectivity index (χ4v) is 2.24. The quantitative estimate of drug-likeness (QED) is 0.683. The van der Waals surface area contributed by atoms with E-state index in [9.17, 15) is 10.0 Å². The maximum absolute atomic E-state index is 12.1. The summed E-state index contributed by atoms with van der Waals surface area (Å²) >= 11 is 0. The second kappa shape index (κ2) is 3.63. The standard InChI is InChI=1S/C11H20NO2/c1-5-10(3)7-9(13)8-11(4,6-2)12(10)14/h5-8H2,1-4H3. The first kappa shape index (κ1) is 11.7. The Morgan fingerprint density at radius 2 is 1.50 bits per heavy atom. The van der Waals surface area contributed by atoms with Crippen molar-refractivity contribution in [1.29, 1.82) is 0 Å². The summed E-state index contributed by atoms with van der Waals surface area (Å²) in [6.45, 7) is 7.73. The molecule has 0 amide bonds. The Morgan fingerprint density at radius 1 is 1.14 bits per heavy atom. The molecule has 1 heterocycles. The summed E-state index contributed by atoms with van der Waals surface area (Å²) in [5, 5.41) is 13.3. The molecule has 1 radical (unpaired) electrons. The zero-order valence-corrected chi connectivity index (χ0v) is 9.59. The van der Waals surface area contributed by atoms with E-state index >= 15 is 0 Å². The van der Waals surface area contributed by atoms with E-state index in [2.05, 4.69) is 0 Å². The van der Waals surface area contributed by atoms with Gasteiger partial charge in [-0.3, -0.25) is 4.79 Å². The highest BCUT2D eigenvalue weighted by Crippen LogP contribution is 2.39. The molecule has 0 N–H and O–H groups in total. The van der Waals surface area contributed by atoms with Crippen LogP contribution in [0.4, 0.5) is 0 Å². The first-order valence-corrected chi connectivity index (χ1v) is 5.37. The second-order valence-corrected chi connectivity index (χ2v) is 4.89. The second-order valence-electron chi connectivity index (χ2n) is 4.89. The van der Waals surface area contributed by atoms with Gasteiger partial charge in [0.2, 0.25) is 0 Å². The van der Waals surface area contributed by atoms with E-state index in [0.29, 0.717) is 12.8 Å². The topological polar surface area (TPSA) is 40.2 Å². The van der Waals surface area contributed by atoms with Crippen LogP contribution in [0, 0.1) is 0 Å². The molecule has 1 saturated heterocycles. The van der Waals surface area contributed by atoms with Crippen LogP contribution < -0.4 is 0 Å². The van der Waals surface area contributed by atoms with Crippen LogP contribution in [0.25, 0.3) is 0 Å². The van der Waals surface area contributed by atoms with Crippen LogP contribution in [0.15, 0.2) is 0 Å². The molecule has 1 rings (SSSR count). The molecular formula is C11H20NO2. The van der Waals surface area contributed by atoms with Crippen LogP contribution in [0.5, 0.6) is 0 Å². The average Bonchev–Trinajstić information content (AvgIpc) is 2.14. The first-order valence-electron chi connectivity index (χ1n) is 5.37. The highest BCUT2D eigenvalue weighted by atomic mass is 16.5. The molecule has 3 heteroatoms. The third kappa shape index (κ3) is 1.71. The summed E-state index contributed by atoms with van der Waals surface area (Å²) in [7, 11) is 0. The molecule has 1 aliphatic rings. The van der Waals surface area contributed by atoms with Crippen molar-refractivity contribution in [2.75, 3.05) is 0 Å². The molecule has 0 aromatic carbocycles. The Hall–Kier alpha value is -0.410. The van der Waals surface area contributed by atoms with Crippen LogP contribution in [-0.2, 0) is 10.0 Å². The van der Waals surface area contributed by atoms with E-state index in [1.165, 1.54) is 5.06 Å². The maximum atomic E-state index is 12.1. The predicted octanol–water partition coefficient (Wildman–Crippen LogP) is 2.33. The van der Waals surface area contributed by atoms with E-state index < -0.39 is 11.1 Å². The Balaban J connectivity index is 2.98. The minimum atomic E-state index is -0.486. The average molecular weight is 198 g/mol. The van der Waals surface area contributed by atoms with Gasteiger partial charge in [-0.1, -0.05) is 13.8 Å². The molecule has 3 nitrogen and oxygen atoms in total. The van der Waals surface area contributed by atoms with Crippen LogP contribution in [0.3, 0.4) is 0 Å². The van der Waals surface area contributed by atoms with Gasteiger partial charge in [-0.25, -0.2) is 0 Å². The number of hydroxylamine groups is 2. The fraction of sp³-hybridized carbons (Fsp3) is 0.909. The fourth-order valence-electron chi connectivity index (χ4n) is 2.24. The van der Waals surface area contributed by atoms with Crippen LogP contribution in [0.1, 0.15) is 53.4 Å². The van der Waals surface area contributed by atoms with Crippen LogP contribution in [-0.4, -0.2) is 21.9 Å². The number of hydrogen-bond donors (Lipinski definition) is 0. The van der Waals surface area contributed by atoms with Crippen molar-refractivity contribution in [3.63, 3.8) is 0 Å². The molecule has 1 fully saturated rings. The zero-order chi connectivity index (χ0) is 11.0. The van der Waals surface area contributed by atoms with Crippen molar-refractivity contribution in [3.8, 4) is 0 Å². The highest BCUT2D eigenvalue weighted by molar-refractivity contribution is 5.81. The van der Waals surface area contributed by atoms with Crippen LogP contribution in [0.2, 0.25) is 0 Å². The molecular weight excluding hydrogens is 178 g/mol. The van der Waals surface area contributed by atoms with Gasteiger partial charge < -0.3 is 0 Å². The lowest BCUT2D eigenvalue weighted by molar-refractivity contribution is -0.290. The molecule has 14 heavy (non-hydrogen) atoms. The summed E-state index contributed by atoms with van der Waals surface area (Å²) in [4.78, 5) is 11.6. The number of piperidine rings is 1. The molecule has 0 aromatic heterocycles. The Bertz CT molecular complexity index is 219. The number of ketones is 1. The number of Topliss-reactive ketones (excluding diaryl/α,β-unsaturated/α-hetero) is 1. The van der Waals surface area contributed by atoms with Gasteiger partial charge in [0, 0.05) is 12.8 Å². The van der Waals surface area contributed by atoms with E-state index in [1.807, 2.05) is 27.7 Å². The van der Waals surface area contributed by atoms with Crippen molar-refractivity contribution in [3.05, 3.63) is 0 Å². The minimum absolute atomic E-state index is 0.228. The maximum Gasteiger partial charge on any atom is 0.136 e. The minimum Gasteiger partial charge on any atom is -0.300 e. The van der Waals surface area contributed by atoms with Crippen molar-refractivity contribution in [2.45, 2.75) is 64.5 Å². The Morgan fingerprint density at radius 3 is 1.79 bits per heavy atom. The smallest absolute Gasteiger partial charge is 0.136 e. The molecule has 0 saturated carbocycles. The third-order valence-electron chi connectivity index (χ3n) is 3.66. The summed E-state index contributed by atoms with van der Waals surface area (Å²) in [5.74, 6) is 0.228. The van der Waals surface area contributed by atoms with Gasteiger partial charge in [0.15, 0.2) is 0 Å². The predicted molar refractivity (Wildman–Crippen MR) is 54.2 cm³/mol. The molecule has 2 unspecified atom stereocenters. The van der Waals surface area contributed by atoms with E-state index in [4.69, 9.17) is 0 Å². The molecule has 1 aliphatic heterocycles. The van der Waals surface area contributed by atoms with Gasteiger partial charge in [-0.2, -0.15) is 0 Å². The van der Waals surface area contributed by atoms with E-state index in [0.717, 1.165) is 12.8 Å². The van der Waals surface area contributed by atoms with E-state index in [1.54, 1.807) is 0 Å². The largest absolute Gasteiger partial charge is 0.300 e. The van der Waals surface area contributed by atoms with Gasteiger partial charge in [0.25, 0.3) is 0 Å². The van der Waals surface area contributed by atoms with Gasteiger partial charge in [-0.15, -0.1) is 10.3 Å². The number of hydrogen-bond acceptors (Lipinski definition) is 2. The van der Waals surface area contributed by atoms with Crippen molar-refractivity contribution in [2.24, 2.45) is 0 Å². The zero-order valence-electron chi connectivity index (χ0n) is 9.59. The molecule has 0 aliphatic carbocycles. The normalized spacial score (nSPS) is 40.2. The Labute approximate surface area is 86.1 Å². The summed E-state index contributed by atoms with van der Waals surface area (Å²) < 4.78 is 0. The third-order valence-corrected chi connectivity index (χ3v) is 3.66.